The maximum absolute atomic E-state index is 13.0. The van der Waals surface area contributed by atoms with Gasteiger partial charge in [0.25, 0.3) is 5.91 Å². The SMILES string of the molecule is CN1CCN(C(=O)OC2c3nccnc3C(=O)N2c2ncc(Cl)cc2I)CC1. The molecular formula is C17H16ClIN6O3. The zero-order valence-electron chi connectivity index (χ0n) is 14.9. The molecule has 0 spiro atoms. The molecule has 4 heterocycles. The maximum atomic E-state index is 13.0. The summed E-state index contributed by atoms with van der Waals surface area (Å²) in [6, 6.07) is 1.68. The van der Waals surface area contributed by atoms with Crippen LogP contribution in [0.5, 0.6) is 0 Å². The predicted molar refractivity (Wildman–Crippen MR) is 109 cm³/mol. The number of carbonyl (C=O) groups excluding carboxylic acids is 2. The Morgan fingerprint density at radius 2 is 1.93 bits per heavy atom. The number of piperazine rings is 1. The fourth-order valence-electron chi connectivity index (χ4n) is 3.10. The Morgan fingerprint density at radius 1 is 1.21 bits per heavy atom. The molecule has 0 N–H and O–H groups in total. The lowest BCUT2D eigenvalue weighted by atomic mass is 10.3. The van der Waals surface area contributed by atoms with Crippen molar-refractivity contribution in [2.24, 2.45) is 0 Å². The first-order valence-electron chi connectivity index (χ1n) is 8.55. The second-order valence-electron chi connectivity index (χ2n) is 6.45. The normalized spacial score (nSPS) is 19.7. The van der Waals surface area contributed by atoms with Crippen LogP contribution in [0.3, 0.4) is 0 Å². The third-order valence-electron chi connectivity index (χ3n) is 4.61. The number of fused-ring (bicyclic) bond motifs is 1. The van der Waals surface area contributed by atoms with E-state index in [2.05, 4.69) is 19.9 Å². The van der Waals surface area contributed by atoms with E-state index >= 15 is 0 Å². The van der Waals surface area contributed by atoms with Gasteiger partial charge in [-0.15, -0.1) is 0 Å². The number of aromatic nitrogens is 3. The van der Waals surface area contributed by atoms with Crippen LogP contribution in [0.1, 0.15) is 22.4 Å². The first-order valence-corrected chi connectivity index (χ1v) is 10.0. The van der Waals surface area contributed by atoms with Crippen LogP contribution in [0.4, 0.5) is 10.6 Å². The van der Waals surface area contributed by atoms with E-state index in [4.69, 9.17) is 16.3 Å². The Kier molecular flexibility index (Phi) is 5.34. The zero-order valence-corrected chi connectivity index (χ0v) is 17.8. The Morgan fingerprint density at radius 3 is 2.64 bits per heavy atom. The summed E-state index contributed by atoms with van der Waals surface area (Å²) in [5, 5.41) is 0.444. The molecule has 1 unspecified atom stereocenters. The first-order chi connectivity index (χ1) is 13.5. The second-order valence-corrected chi connectivity index (χ2v) is 8.05. The molecule has 146 valence electrons. The number of rotatable bonds is 2. The number of carbonyl (C=O) groups is 2. The predicted octanol–water partition coefficient (Wildman–Crippen LogP) is 2.17. The number of likely N-dealkylation sites (N-methyl/N-ethyl adjacent to an activating group) is 1. The van der Waals surface area contributed by atoms with E-state index in [0.29, 0.717) is 33.2 Å². The Balaban J connectivity index is 1.67. The van der Waals surface area contributed by atoms with E-state index in [0.717, 1.165) is 13.1 Å². The average molecular weight is 515 g/mol. The van der Waals surface area contributed by atoms with Crippen LogP contribution in [-0.2, 0) is 4.74 Å². The van der Waals surface area contributed by atoms with Gasteiger partial charge >= 0.3 is 6.09 Å². The Hall–Kier alpha value is -2.05. The summed E-state index contributed by atoms with van der Waals surface area (Å²) in [6.07, 6.45) is 2.80. The highest BCUT2D eigenvalue weighted by molar-refractivity contribution is 14.1. The van der Waals surface area contributed by atoms with Gasteiger partial charge in [0, 0.05) is 44.8 Å². The molecule has 0 aromatic carbocycles. The Bertz CT molecular complexity index is 937. The molecule has 1 saturated heterocycles. The van der Waals surface area contributed by atoms with E-state index in [1.165, 1.54) is 23.5 Å². The van der Waals surface area contributed by atoms with Crippen molar-refractivity contribution in [3.63, 3.8) is 0 Å². The van der Waals surface area contributed by atoms with Gasteiger partial charge in [-0.05, 0) is 35.7 Å². The van der Waals surface area contributed by atoms with E-state index in [1.54, 1.807) is 11.0 Å². The van der Waals surface area contributed by atoms with Crippen molar-refractivity contribution in [2.45, 2.75) is 6.23 Å². The lowest BCUT2D eigenvalue weighted by molar-refractivity contribution is 0.0476. The largest absolute Gasteiger partial charge is 0.419 e. The first kappa shape index (κ1) is 19.3. The van der Waals surface area contributed by atoms with Crippen LogP contribution >= 0.6 is 34.2 Å². The number of nitrogens with zero attached hydrogens (tertiary/aromatic N) is 6. The molecule has 9 nitrogen and oxygen atoms in total. The van der Waals surface area contributed by atoms with Gasteiger partial charge in [-0.25, -0.2) is 19.7 Å². The van der Waals surface area contributed by atoms with Crippen LogP contribution in [0.2, 0.25) is 5.02 Å². The summed E-state index contributed by atoms with van der Waals surface area (Å²) in [7, 11) is 2.00. The monoisotopic (exact) mass is 514 g/mol. The van der Waals surface area contributed by atoms with Crippen LogP contribution in [0.15, 0.2) is 24.7 Å². The molecule has 28 heavy (non-hydrogen) atoms. The van der Waals surface area contributed by atoms with Crippen molar-refractivity contribution in [2.75, 3.05) is 38.1 Å². The molecule has 11 heteroatoms. The fraction of sp³-hybridized carbons (Fsp3) is 0.353. The maximum Gasteiger partial charge on any atom is 0.412 e. The number of hydrogen-bond donors (Lipinski definition) is 0. The number of amides is 2. The van der Waals surface area contributed by atoms with Crippen molar-refractivity contribution >= 4 is 52.0 Å². The molecule has 0 aliphatic carbocycles. The molecule has 4 rings (SSSR count). The van der Waals surface area contributed by atoms with Crippen molar-refractivity contribution in [3.8, 4) is 0 Å². The highest BCUT2D eigenvalue weighted by atomic mass is 127. The minimum Gasteiger partial charge on any atom is -0.419 e. The summed E-state index contributed by atoms with van der Waals surface area (Å²) >= 11 is 8.03. The second kappa shape index (κ2) is 7.76. The molecule has 2 aromatic rings. The highest BCUT2D eigenvalue weighted by Crippen LogP contribution is 2.38. The molecule has 1 fully saturated rings. The van der Waals surface area contributed by atoms with Gasteiger partial charge < -0.3 is 14.5 Å². The van der Waals surface area contributed by atoms with Crippen LogP contribution < -0.4 is 4.90 Å². The van der Waals surface area contributed by atoms with Crippen molar-refractivity contribution in [1.82, 2.24) is 24.8 Å². The molecule has 0 saturated carbocycles. The third kappa shape index (κ3) is 3.51. The lowest BCUT2D eigenvalue weighted by Gasteiger charge is -2.33. The van der Waals surface area contributed by atoms with Crippen molar-refractivity contribution in [1.29, 1.82) is 0 Å². The van der Waals surface area contributed by atoms with Crippen LogP contribution in [-0.4, -0.2) is 70.0 Å². The smallest absolute Gasteiger partial charge is 0.412 e. The molecule has 1 atom stereocenters. The van der Waals surface area contributed by atoms with E-state index in [1.807, 2.05) is 29.6 Å². The van der Waals surface area contributed by atoms with Gasteiger partial charge in [0.05, 0.1) is 8.59 Å². The summed E-state index contributed by atoms with van der Waals surface area (Å²) in [5.41, 5.74) is 0.439. The molecule has 0 bridgehead atoms. The minimum absolute atomic E-state index is 0.145. The lowest BCUT2D eigenvalue weighted by Crippen LogP contribution is -2.48. The van der Waals surface area contributed by atoms with Crippen LogP contribution in [0.25, 0.3) is 0 Å². The van der Waals surface area contributed by atoms with Gasteiger partial charge in [0.15, 0.2) is 11.5 Å². The summed E-state index contributed by atoms with van der Waals surface area (Å²) in [6.45, 7) is 2.63. The fourth-order valence-corrected chi connectivity index (χ4v) is 4.17. The molecule has 2 amide bonds. The molecule has 0 radical (unpaired) electrons. The quantitative estimate of drug-likeness (QED) is 0.567. The molecule has 2 aromatic heterocycles. The number of pyridine rings is 1. The third-order valence-corrected chi connectivity index (χ3v) is 5.61. The van der Waals surface area contributed by atoms with Crippen LogP contribution in [0, 0.1) is 3.57 Å². The summed E-state index contributed by atoms with van der Waals surface area (Å²) in [5.74, 6) is -0.0852. The average Bonchev–Trinajstić information content (AvgIpc) is 2.95. The number of halogens is 2. The molecule has 2 aliphatic heterocycles. The summed E-state index contributed by atoms with van der Waals surface area (Å²) < 4.78 is 6.38. The van der Waals surface area contributed by atoms with E-state index < -0.39 is 18.2 Å². The van der Waals surface area contributed by atoms with E-state index in [9.17, 15) is 9.59 Å². The number of anilines is 1. The zero-order chi connectivity index (χ0) is 19.8. The highest BCUT2D eigenvalue weighted by Gasteiger charge is 2.45. The number of ether oxygens (including phenoxy) is 1. The molecule has 2 aliphatic rings. The van der Waals surface area contributed by atoms with Gasteiger partial charge in [-0.1, -0.05) is 11.6 Å². The summed E-state index contributed by atoms with van der Waals surface area (Å²) in [4.78, 5) is 43.4. The number of hydrogen-bond acceptors (Lipinski definition) is 7. The van der Waals surface area contributed by atoms with E-state index in [-0.39, 0.29) is 5.69 Å². The standard InChI is InChI=1S/C17H16ClIN6O3/c1-23-4-6-24(7-5-23)17(27)28-16-13-12(20-2-3-21-13)15(26)25(16)14-11(19)8-10(18)9-22-14/h2-3,8-9,16H,4-7H2,1H3. The Labute approximate surface area is 179 Å². The van der Waals surface area contributed by atoms with Gasteiger partial charge in [-0.3, -0.25) is 9.78 Å². The van der Waals surface area contributed by atoms with Gasteiger partial charge in [0.1, 0.15) is 5.69 Å². The molecular weight excluding hydrogens is 499 g/mol. The topological polar surface area (TPSA) is 91.8 Å². The van der Waals surface area contributed by atoms with Gasteiger partial charge in [0.2, 0.25) is 6.23 Å². The minimum atomic E-state index is -1.04. The van der Waals surface area contributed by atoms with Gasteiger partial charge in [-0.2, -0.15) is 0 Å². The van der Waals surface area contributed by atoms with Crippen molar-refractivity contribution in [3.05, 3.63) is 44.6 Å². The van der Waals surface area contributed by atoms with Crippen molar-refractivity contribution < 1.29 is 14.3 Å².